The number of hydrogen-bond acceptors (Lipinski definition) is 3. The SMILES string of the molecule is CCCN(CCC)C(=O)c1cccc(C(=O)Nc2ccc(Cl)cc2)n1. The molecule has 6 heteroatoms. The first-order valence-corrected chi connectivity index (χ1v) is 8.76. The molecule has 132 valence electrons. The number of aromatic nitrogens is 1. The van der Waals surface area contributed by atoms with Gasteiger partial charge in [-0.1, -0.05) is 31.5 Å². The molecule has 25 heavy (non-hydrogen) atoms. The molecule has 0 unspecified atom stereocenters. The number of anilines is 1. The molecule has 5 nitrogen and oxygen atoms in total. The zero-order chi connectivity index (χ0) is 18.2. The average molecular weight is 360 g/mol. The van der Waals surface area contributed by atoms with Gasteiger partial charge in [0.05, 0.1) is 0 Å². The Morgan fingerprint density at radius 2 is 1.60 bits per heavy atom. The lowest BCUT2D eigenvalue weighted by atomic mass is 10.2. The molecule has 0 aliphatic rings. The summed E-state index contributed by atoms with van der Waals surface area (Å²) in [6.07, 6.45) is 1.75. The van der Waals surface area contributed by atoms with Crippen LogP contribution < -0.4 is 5.32 Å². The second-order valence-electron chi connectivity index (χ2n) is 5.66. The van der Waals surface area contributed by atoms with Crippen LogP contribution in [0.15, 0.2) is 42.5 Å². The summed E-state index contributed by atoms with van der Waals surface area (Å²) in [6, 6.07) is 11.7. The number of pyridine rings is 1. The summed E-state index contributed by atoms with van der Waals surface area (Å²) in [5.41, 5.74) is 1.10. The molecule has 0 fully saturated rings. The molecule has 0 spiro atoms. The van der Waals surface area contributed by atoms with Gasteiger partial charge in [0.2, 0.25) is 0 Å². The van der Waals surface area contributed by atoms with Crippen LogP contribution in [-0.2, 0) is 0 Å². The van der Waals surface area contributed by atoms with Crippen molar-refractivity contribution in [3.8, 4) is 0 Å². The summed E-state index contributed by atoms with van der Waals surface area (Å²) in [7, 11) is 0. The summed E-state index contributed by atoms with van der Waals surface area (Å²) in [6.45, 7) is 5.41. The molecule has 1 heterocycles. The molecule has 0 aliphatic carbocycles. The molecule has 0 saturated heterocycles. The second-order valence-corrected chi connectivity index (χ2v) is 6.10. The maximum Gasteiger partial charge on any atom is 0.274 e. The van der Waals surface area contributed by atoms with Gasteiger partial charge in [0, 0.05) is 23.8 Å². The highest BCUT2D eigenvalue weighted by atomic mass is 35.5. The molecule has 0 aliphatic heterocycles. The summed E-state index contributed by atoms with van der Waals surface area (Å²) in [5.74, 6) is -0.514. The first-order chi connectivity index (χ1) is 12.0. The largest absolute Gasteiger partial charge is 0.337 e. The molecular weight excluding hydrogens is 338 g/mol. The predicted molar refractivity (Wildman–Crippen MR) is 100 cm³/mol. The minimum Gasteiger partial charge on any atom is -0.337 e. The number of nitrogens with zero attached hydrogens (tertiary/aromatic N) is 2. The van der Waals surface area contributed by atoms with Gasteiger partial charge in [-0.2, -0.15) is 0 Å². The first kappa shape index (κ1) is 18.9. The van der Waals surface area contributed by atoms with E-state index in [1.165, 1.54) is 0 Å². The van der Waals surface area contributed by atoms with Crippen LogP contribution in [0.1, 0.15) is 47.7 Å². The van der Waals surface area contributed by atoms with Gasteiger partial charge in [0.15, 0.2) is 0 Å². The molecule has 2 aromatic rings. The topological polar surface area (TPSA) is 62.3 Å². The molecule has 0 saturated carbocycles. The number of benzene rings is 1. The van der Waals surface area contributed by atoms with Crippen molar-refractivity contribution in [2.75, 3.05) is 18.4 Å². The fourth-order valence-electron chi connectivity index (χ4n) is 2.43. The number of carbonyl (C=O) groups is 2. The Morgan fingerprint density at radius 1 is 1.00 bits per heavy atom. The van der Waals surface area contributed by atoms with E-state index < -0.39 is 0 Å². The van der Waals surface area contributed by atoms with Crippen LogP contribution in [-0.4, -0.2) is 34.8 Å². The average Bonchev–Trinajstić information content (AvgIpc) is 2.63. The minimum atomic E-state index is -0.366. The van der Waals surface area contributed by atoms with Gasteiger partial charge in [0.1, 0.15) is 11.4 Å². The molecule has 0 atom stereocenters. The number of carbonyl (C=O) groups excluding carboxylic acids is 2. The van der Waals surface area contributed by atoms with E-state index in [2.05, 4.69) is 10.3 Å². The van der Waals surface area contributed by atoms with Gasteiger partial charge in [-0.3, -0.25) is 9.59 Å². The molecule has 1 N–H and O–H groups in total. The smallest absolute Gasteiger partial charge is 0.274 e. The fourth-order valence-corrected chi connectivity index (χ4v) is 2.55. The van der Waals surface area contributed by atoms with Crippen LogP contribution in [0.2, 0.25) is 5.02 Å². The van der Waals surface area contributed by atoms with E-state index in [9.17, 15) is 9.59 Å². The minimum absolute atomic E-state index is 0.148. The van der Waals surface area contributed by atoms with Gasteiger partial charge >= 0.3 is 0 Å². The van der Waals surface area contributed by atoms with Crippen molar-refractivity contribution >= 4 is 29.1 Å². The van der Waals surface area contributed by atoms with Crippen LogP contribution >= 0.6 is 11.6 Å². The van der Waals surface area contributed by atoms with E-state index in [1.807, 2.05) is 13.8 Å². The third-order valence-electron chi connectivity index (χ3n) is 3.58. The predicted octanol–water partition coefficient (Wildman–Crippen LogP) is 4.25. The van der Waals surface area contributed by atoms with E-state index in [0.29, 0.717) is 23.8 Å². The standard InChI is InChI=1S/C19H22ClN3O2/c1-3-12-23(13-4-2)19(25)17-7-5-6-16(22-17)18(24)21-15-10-8-14(20)9-11-15/h5-11H,3-4,12-13H2,1-2H3,(H,21,24). The van der Waals surface area contributed by atoms with Crippen molar-refractivity contribution in [3.63, 3.8) is 0 Å². The molecule has 0 bridgehead atoms. The van der Waals surface area contributed by atoms with Gasteiger partial charge in [-0.25, -0.2) is 4.98 Å². The van der Waals surface area contributed by atoms with Crippen LogP contribution in [0, 0.1) is 0 Å². The monoisotopic (exact) mass is 359 g/mol. The summed E-state index contributed by atoms with van der Waals surface area (Å²) >= 11 is 5.83. The van der Waals surface area contributed by atoms with Crippen molar-refractivity contribution in [2.45, 2.75) is 26.7 Å². The zero-order valence-corrected chi connectivity index (χ0v) is 15.2. The Bertz CT molecular complexity index is 726. The summed E-state index contributed by atoms with van der Waals surface area (Å²) in [4.78, 5) is 31.0. The Hall–Kier alpha value is -2.40. The highest BCUT2D eigenvalue weighted by molar-refractivity contribution is 6.30. The highest BCUT2D eigenvalue weighted by Crippen LogP contribution is 2.14. The van der Waals surface area contributed by atoms with E-state index in [4.69, 9.17) is 11.6 Å². The Morgan fingerprint density at radius 3 is 2.20 bits per heavy atom. The number of amides is 2. The van der Waals surface area contributed by atoms with Crippen LogP contribution in [0.3, 0.4) is 0 Å². The zero-order valence-electron chi connectivity index (χ0n) is 14.5. The van der Waals surface area contributed by atoms with Gasteiger partial charge in [0.25, 0.3) is 11.8 Å². The van der Waals surface area contributed by atoms with E-state index >= 15 is 0 Å². The lowest BCUT2D eigenvalue weighted by molar-refractivity contribution is 0.0749. The van der Waals surface area contributed by atoms with E-state index in [-0.39, 0.29) is 23.2 Å². The first-order valence-electron chi connectivity index (χ1n) is 8.38. The Kier molecular flexibility index (Phi) is 6.95. The van der Waals surface area contributed by atoms with Crippen molar-refractivity contribution in [1.29, 1.82) is 0 Å². The van der Waals surface area contributed by atoms with Gasteiger partial charge in [-0.15, -0.1) is 0 Å². The molecule has 0 radical (unpaired) electrons. The molecular formula is C19H22ClN3O2. The fraction of sp³-hybridized carbons (Fsp3) is 0.316. The van der Waals surface area contributed by atoms with Gasteiger partial charge in [-0.05, 0) is 49.2 Å². The number of rotatable bonds is 7. The maximum atomic E-state index is 12.6. The third kappa shape index (κ3) is 5.29. The number of hydrogen-bond donors (Lipinski definition) is 1. The second kappa shape index (κ2) is 9.18. The highest BCUT2D eigenvalue weighted by Gasteiger charge is 2.17. The van der Waals surface area contributed by atoms with Crippen molar-refractivity contribution in [3.05, 3.63) is 58.9 Å². The van der Waals surface area contributed by atoms with Gasteiger partial charge < -0.3 is 10.2 Å². The third-order valence-corrected chi connectivity index (χ3v) is 3.83. The Labute approximate surface area is 153 Å². The quantitative estimate of drug-likeness (QED) is 0.803. The molecule has 2 amide bonds. The van der Waals surface area contributed by atoms with Crippen LogP contribution in [0.25, 0.3) is 0 Å². The number of nitrogens with one attached hydrogen (secondary N) is 1. The summed E-state index contributed by atoms with van der Waals surface area (Å²) in [5, 5.41) is 3.34. The molecule has 1 aromatic carbocycles. The normalized spacial score (nSPS) is 10.4. The lowest BCUT2D eigenvalue weighted by Crippen LogP contribution is -2.33. The number of halogens is 1. The van der Waals surface area contributed by atoms with Crippen LogP contribution in [0.5, 0.6) is 0 Å². The maximum absolute atomic E-state index is 12.6. The van der Waals surface area contributed by atoms with Crippen molar-refractivity contribution in [1.82, 2.24) is 9.88 Å². The lowest BCUT2D eigenvalue weighted by Gasteiger charge is -2.21. The van der Waals surface area contributed by atoms with Crippen molar-refractivity contribution < 1.29 is 9.59 Å². The Balaban J connectivity index is 2.15. The molecule has 2 rings (SSSR count). The van der Waals surface area contributed by atoms with E-state index in [1.54, 1.807) is 47.4 Å². The summed E-state index contributed by atoms with van der Waals surface area (Å²) < 4.78 is 0. The van der Waals surface area contributed by atoms with Crippen molar-refractivity contribution in [2.24, 2.45) is 0 Å². The van der Waals surface area contributed by atoms with E-state index in [0.717, 1.165) is 12.8 Å². The molecule has 1 aromatic heterocycles. The van der Waals surface area contributed by atoms with Crippen LogP contribution in [0.4, 0.5) is 5.69 Å².